The van der Waals surface area contributed by atoms with Crippen molar-refractivity contribution in [2.24, 2.45) is 13.0 Å². The number of rotatable bonds is 5. The van der Waals surface area contributed by atoms with Gasteiger partial charge in [0.2, 0.25) is 5.91 Å². The Hall–Kier alpha value is -1.89. The molecule has 6 nitrogen and oxygen atoms in total. The molecule has 2 heterocycles. The van der Waals surface area contributed by atoms with Crippen LogP contribution in [0.25, 0.3) is 10.7 Å². The second-order valence-electron chi connectivity index (χ2n) is 4.81. The molecule has 0 aliphatic rings. The molecular weight excluding hydrogens is 276 g/mol. The first kappa shape index (κ1) is 14.5. The Bertz CT molecular complexity index is 640. The van der Waals surface area contributed by atoms with Gasteiger partial charge in [-0.1, -0.05) is 19.9 Å². The topological polar surface area (TPSA) is 68.9 Å². The third kappa shape index (κ3) is 2.98. The van der Waals surface area contributed by atoms with Crippen molar-refractivity contribution in [1.82, 2.24) is 19.7 Å². The van der Waals surface area contributed by atoms with E-state index in [9.17, 15) is 9.59 Å². The molecule has 1 amide bonds. The van der Waals surface area contributed by atoms with Crippen LogP contribution in [0.3, 0.4) is 0 Å². The molecule has 2 aromatic heterocycles. The van der Waals surface area contributed by atoms with Gasteiger partial charge in [-0.15, -0.1) is 16.4 Å². The molecule has 0 saturated heterocycles. The zero-order chi connectivity index (χ0) is 14.7. The van der Waals surface area contributed by atoms with Gasteiger partial charge in [0.15, 0.2) is 5.82 Å². The number of nitrogens with one attached hydrogen (secondary N) is 1. The van der Waals surface area contributed by atoms with Gasteiger partial charge in [0.05, 0.1) is 11.4 Å². The van der Waals surface area contributed by atoms with Crippen LogP contribution in [-0.4, -0.2) is 26.8 Å². The Morgan fingerprint density at radius 3 is 2.85 bits per heavy atom. The van der Waals surface area contributed by atoms with Gasteiger partial charge < -0.3 is 5.32 Å². The van der Waals surface area contributed by atoms with Gasteiger partial charge >= 0.3 is 5.69 Å². The molecule has 7 heteroatoms. The summed E-state index contributed by atoms with van der Waals surface area (Å²) >= 11 is 1.54. The Labute approximate surface area is 121 Å². The average molecular weight is 294 g/mol. The molecule has 0 aliphatic heterocycles. The van der Waals surface area contributed by atoms with Crippen LogP contribution in [0.4, 0.5) is 0 Å². The SMILES string of the molecule is CC(C)C(=O)NCCn1nc(-c2cccs2)n(C)c1=O. The Morgan fingerprint density at radius 2 is 2.25 bits per heavy atom. The maximum atomic E-state index is 12.0. The number of carbonyl (C=O) groups is 1. The largest absolute Gasteiger partial charge is 0.354 e. The zero-order valence-corrected chi connectivity index (χ0v) is 12.6. The van der Waals surface area contributed by atoms with E-state index in [1.54, 1.807) is 7.05 Å². The van der Waals surface area contributed by atoms with Gasteiger partial charge in [-0.05, 0) is 11.4 Å². The fraction of sp³-hybridized carbons (Fsp3) is 0.462. The van der Waals surface area contributed by atoms with E-state index >= 15 is 0 Å². The van der Waals surface area contributed by atoms with Crippen molar-refractivity contribution in [3.05, 3.63) is 28.0 Å². The minimum Gasteiger partial charge on any atom is -0.354 e. The van der Waals surface area contributed by atoms with E-state index in [0.29, 0.717) is 18.9 Å². The molecule has 0 bridgehead atoms. The minimum absolute atomic E-state index is 0.0209. The van der Waals surface area contributed by atoms with Crippen LogP contribution >= 0.6 is 11.3 Å². The van der Waals surface area contributed by atoms with Crippen LogP contribution < -0.4 is 11.0 Å². The van der Waals surface area contributed by atoms with Gasteiger partial charge in [-0.2, -0.15) is 0 Å². The number of amides is 1. The lowest BCUT2D eigenvalue weighted by atomic mass is 10.2. The highest BCUT2D eigenvalue weighted by Gasteiger charge is 2.13. The van der Waals surface area contributed by atoms with E-state index in [2.05, 4.69) is 10.4 Å². The molecule has 20 heavy (non-hydrogen) atoms. The highest BCUT2D eigenvalue weighted by molar-refractivity contribution is 7.13. The van der Waals surface area contributed by atoms with Gasteiger partial charge in [-0.3, -0.25) is 9.36 Å². The maximum Gasteiger partial charge on any atom is 0.346 e. The molecular formula is C13H18N4O2S. The van der Waals surface area contributed by atoms with E-state index in [1.807, 2.05) is 31.4 Å². The van der Waals surface area contributed by atoms with Crippen LogP contribution in [0.5, 0.6) is 0 Å². The zero-order valence-electron chi connectivity index (χ0n) is 11.8. The third-order valence-corrected chi connectivity index (χ3v) is 3.80. The molecule has 1 N–H and O–H groups in total. The second-order valence-corrected chi connectivity index (χ2v) is 5.76. The molecule has 0 atom stereocenters. The first-order valence-electron chi connectivity index (χ1n) is 6.46. The van der Waals surface area contributed by atoms with Crippen LogP contribution in [0.2, 0.25) is 0 Å². The molecule has 0 spiro atoms. The van der Waals surface area contributed by atoms with Gasteiger partial charge in [0.1, 0.15) is 0 Å². The van der Waals surface area contributed by atoms with Crippen molar-refractivity contribution in [3.63, 3.8) is 0 Å². The van der Waals surface area contributed by atoms with Crippen molar-refractivity contribution < 1.29 is 4.79 Å². The summed E-state index contributed by atoms with van der Waals surface area (Å²) in [7, 11) is 1.70. The van der Waals surface area contributed by atoms with Crippen molar-refractivity contribution >= 4 is 17.2 Å². The Morgan fingerprint density at radius 1 is 1.50 bits per heavy atom. The summed E-state index contributed by atoms with van der Waals surface area (Å²) < 4.78 is 2.91. The Kier molecular flexibility index (Phi) is 4.39. The van der Waals surface area contributed by atoms with Crippen LogP contribution in [0.1, 0.15) is 13.8 Å². The summed E-state index contributed by atoms with van der Waals surface area (Å²) in [5.41, 5.74) is -0.174. The predicted octanol–water partition coefficient (Wildman–Crippen LogP) is 1.08. The first-order chi connectivity index (χ1) is 9.50. The van der Waals surface area contributed by atoms with Crippen molar-refractivity contribution in [1.29, 1.82) is 0 Å². The van der Waals surface area contributed by atoms with Crippen molar-refractivity contribution in [3.8, 4) is 10.7 Å². The fourth-order valence-electron chi connectivity index (χ4n) is 1.74. The van der Waals surface area contributed by atoms with E-state index < -0.39 is 0 Å². The van der Waals surface area contributed by atoms with E-state index in [0.717, 1.165) is 4.88 Å². The van der Waals surface area contributed by atoms with E-state index in [1.165, 1.54) is 20.6 Å². The van der Waals surface area contributed by atoms with Crippen LogP contribution in [0.15, 0.2) is 22.3 Å². The van der Waals surface area contributed by atoms with Gasteiger partial charge in [-0.25, -0.2) is 9.48 Å². The summed E-state index contributed by atoms with van der Waals surface area (Å²) in [6.07, 6.45) is 0. The van der Waals surface area contributed by atoms with Crippen LogP contribution in [0, 0.1) is 5.92 Å². The second kappa shape index (κ2) is 6.04. The number of nitrogens with zero attached hydrogens (tertiary/aromatic N) is 3. The monoisotopic (exact) mass is 294 g/mol. The normalized spacial score (nSPS) is 11.0. The highest BCUT2D eigenvalue weighted by Crippen LogP contribution is 2.20. The predicted molar refractivity (Wildman–Crippen MR) is 78.6 cm³/mol. The lowest BCUT2D eigenvalue weighted by Crippen LogP contribution is -2.33. The molecule has 2 aromatic rings. The molecule has 0 saturated carbocycles. The summed E-state index contributed by atoms with van der Waals surface area (Å²) in [5, 5.41) is 9.04. The quantitative estimate of drug-likeness (QED) is 0.897. The third-order valence-electron chi connectivity index (χ3n) is 2.93. The average Bonchev–Trinajstić information content (AvgIpc) is 3.02. The van der Waals surface area contributed by atoms with Crippen molar-refractivity contribution in [2.75, 3.05) is 6.54 Å². The summed E-state index contributed by atoms with van der Waals surface area (Å²) in [6, 6.07) is 3.85. The first-order valence-corrected chi connectivity index (χ1v) is 7.34. The standard InChI is InChI=1S/C13H18N4O2S/c1-9(2)12(18)14-6-7-17-13(19)16(3)11(15-17)10-5-4-8-20-10/h4-5,8-9H,6-7H2,1-3H3,(H,14,18). The molecule has 2 rings (SSSR count). The number of hydrogen-bond donors (Lipinski definition) is 1. The lowest BCUT2D eigenvalue weighted by molar-refractivity contribution is -0.124. The highest BCUT2D eigenvalue weighted by atomic mass is 32.1. The molecule has 0 aliphatic carbocycles. The maximum absolute atomic E-state index is 12.0. The number of carbonyl (C=O) groups excluding carboxylic acids is 1. The van der Waals surface area contributed by atoms with Crippen LogP contribution in [-0.2, 0) is 18.4 Å². The van der Waals surface area contributed by atoms with Crippen molar-refractivity contribution in [2.45, 2.75) is 20.4 Å². The summed E-state index contributed by atoms with van der Waals surface area (Å²) in [4.78, 5) is 24.5. The van der Waals surface area contributed by atoms with E-state index in [-0.39, 0.29) is 17.5 Å². The summed E-state index contributed by atoms with van der Waals surface area (Å²) in [5.74, 6) is 0.574. The fourth-order valence-corrected chi connectivity index (χ4v) is 2.49. The molecule has 0 fully saturated rings. The number of aromatic nitrogens is 3. The minimum atomic E-state index is -0.174. The van der Waals surface area contributed by atoms with Gasteiger partial charge in [0.25, 0.3) is 0 Å². The molecule has 0 unspecified atom stereocenters. The molecule has 0 radical (unpaired) electrons. The number of hydrogen-bond acceptors (Lipinski definition) is 4. The van der Waals surface area contributed by atoms with Gasteiger partial charge in [0, 0.05) is 19.5 Å². The lowest BCUT2D eigenvalue weighted by Gasteiger charge is -2.06. The summed E-state index contributed by atoms with van der Waals surface area (Å²) in [6.45, 7) is 4.43. The Balaban J connectivity index is 2.09. The number of thiophene rings is 1. The van der Waals surface area contributed by atoms with E-state index in [4.69, 9.17) is 0 Å². The molecule has 108 valence electrons. The smallest absolute Gasteiger partial charge is 0.346 e. The molecule has 0 aromatic carbocycles.